The van der Waals surface area contributed by atoms with E-state index in [-0.39, 0.29) is 0 Å². The third-order valence-electron chi connectivity index (χ3n) is 4.47. The van der Waals surface area contributed by atoms with Crippen LogP contribution < -0.4 is 5.32 Å². The molecule has 2 unspecified atom stereocenters. The van der Waals surface area contributed by atoms with Crippen LogP contribution in [0.15, 0.2) is 30.3 Å². The molecule has 1 aliphatic rings. The molecule has 0 saturated carbocycles. The molecule has 1 aromatic rings. The average Bonchev–Trinajstić information content (AvgIpc) is 2.48. The monoisotopic (exact) mass is 274 g/mol. The van der Waals surface area contributed by atoms with E-state index >= 15 is 0 Å². The van der Waals surface area contributed by atoms with Gasteiger partial charge in [-0.15, -0.1) is 0 Å². The van der Waals surface area contributed by atoms with E-state index in [0.29, 0.717) is 12.1 Å². The van der Waals surface area contributed by atoms with Gasteiger partial charge >= 0.3 is 0 Å². The van der Waals surface area contributed by atoms with Gasteiger partial charge in [-0.1, -0.05) is 57.5 Å². The van der Waals surface area contributed by atoms with E-state index in [4.69, 9.17) is 0 Å². The minimum atomic E-state index is 0.521. The van der Waals surface area contributed by atoms with E-state index in [1.807, 2.05) is 0 Å². The molecule has 2 heteroatoms. The fraction of sp³-hybridized carbons (Fsp3) is 0.667. The molecule has 0 radical (unpaired) electrons. The first-order valence-corrected chi connectivity index (χ1v) is 8.23. The highest BCUT2D eigenvalue weighted by molar-refractivity contribution is 5.19. The van der Waals surface area contributed by atoms with Gasteiger partial charge in [-0.3, -0.25) is 4.90 Å². The molecule has 1 heterocycles. The van der Waals surface area contributed by atoms with Crippen LogP contribution in [0.3, 0.4) is 0 Å². The van der Waals surface area contributed by atoms with Gasteiger partial charge in [-0.2, -0.15) is 0 Å². The number of nitrogens with one attached hydrogen (secondary N) is 1. The van der Waals surface area contributed by atoms with Gasteiger partial charge in [0, 0.05) is 25.2 Å². The number of hydrogen-bond donors (Lipinski definition) is 1. The number of hydrogen-bond acceptors (Lipinski definition) is 2. The number of benzene rings is 1. The number of nitrogens with zero attached hydrogens (tertiary/aromatic N) is 1. The van der Waals surface area contributed by atoms with Crippen LogP contribution in [0.5, 0.6) is 0 Å². The maximum Gasteiger partial charge on any atom is 0.0472 e. The Balaban J connectivity index is 2.09. The van der Waals surface area contributed by atoms with Crippen molar-refractivity contribution < 1.29 is 0 Å². The Morgan fingerprint density at radius 2 is 2.00 bits per heavy atom. The van der Waals surface area contributed by atoms with Crippen molar-refractivity contribution in [3.63, 3.8) is 0 Å². The van der Waals surface area contributed by atoms with Gasteiger partial charge in [0.25, 0.3) is 0 Å². The summed E-state index contributed by atoms with van der Waals surface area (Å²) in [5, 5.41) is 3.63. The lowest BCUT2D eigenvalue weighted by molar-refractivity contribution is 0.118. The van der Waals surface area contributed by atoms with Crippen molar-refractivity contribution in [2.45, 2.75) is 52.1 Å². The van der Waals surface area contributed by atoms with Crippen molar-refractivity contribution >= 4 is 0 Å². The van der Waals surface area contributed by atoms with Gasteiger partial charge in [0.05, 0.1) is 0 Å². The normalized spacial score (nSPS) is 22.1. The zero-order valence-electron chi connectivity index (χ0n) is 13.3. The molecule has 2 atom stereocenters. The predicted molar refractivity (Wildman–Crippen MR) is 86.9 cm³/mol. The lowest BCUT2D eigenvalue weighted by Gasteiger charge is -2.39. The maximum absolute atomic E-state index is 3.63. The van der Waals surface area contributed by atoms with E-state index in [2.05, 4.69) is 61.3 Å². The largest absolute Gasteiger partial charge is 0.313 e. The highest BCUT2D eigenvalue weighted by Gasteiger charge is 2.26. The highest BCUT2D eigenvalue weighted by Crippen LogP contribution is 2.27. The number of rotatable bonds is 6. The second kappa shape index (κ2) is 7.80. The van der Waals surface area contributed by atoms with Crippen molar-refractivity contribution in [3.05, 3.63) is 35.9 Å². The fourth-order valence-corrected chi connectivity index (χ4v) is 3.19. The summed E-state index contributed by atoms with van der Waals surface area (Å²) in [6.07, 6.45) is 4.07. The SMILES string of the molecule is CCC1CCCN(C(CNC(C)C)c2ccccc2)C1. The highest BCUT2D eigenvalue weighted by atomic mass is 15.2. The Hall–Kier alpha value is -0.860. The molecule has 0 bridgehead atoms. The van der Waals surface area contributed by atoms with E-state index in [1.54, 1.807) is 0 Å². The van der Waals surface area contributed by atoms with E-state index in [1.165, 1.54) is 37.9 Å². The summed E-state index contributed by atoms with van der Waals surface area (Å²) < 4.78 is 0. The molecule has 2 rings (SSSR count). The third-order valence-corrected chi connectivity index (χ3v) is 4.47. The molecule has 0 spiro atoms. The smallest absolute Gasteiger partial charge is 0.0472 e. The van der Waals surface area contributed by atoms with E-state index in [0.717, 1.165) is 12.5 Å². The van der Waals surface area contributed by atoms with Crippen molar-refractivity contribution in [2.24, 2.45) is 5.92 Å². The Labute approximate surface area is 124 Å². The zero-order valence-corrected chi connectivity index (χ0v) is 13.3. The topological polar surface area (TPSA) is 15.3 Å². The first kappa shape index (κ1) is 15.5. The lowest BCUT2D eigenvalue weighted by Crippen LogP contribution is -2.43. The van der Waals surface area contributed by atoms with Gasteiger partial charge in [0.1, 0.15) is 0 Å². The molecule has 1 saturated heterocycles. The minimum absolute atomic E-state index is 0.521. The molecular formula is C18H30N2. The van der Waals surface area contributed by atoms with Crippen molar-refractivity contribution in [3.8, 4) is 0 Å². The van der Waals surface area contributed by atoms with Gasteiger partial charge in [-0.25, -0.2) is 0 Å². The van der Waals surface area contributed by atoms with Gasteiger partial charge in [-0.05, 0) is 30.9 Å². The molecule has 20 heavy (non-hydrogen) atoms. The van der Waals surface area contributed by atoms with Crippen LogP contribution in [0.4, 0.5) is 0 Å². The summed E-state index contributed by atoms with van der Waals surface area (Å²) in [6, 6.07) is 12.1. The van der Waals surface area contributed by atoms with E-state index in [9.17, 15) is 0 Å². The molecule has 0 aliphatic carbocycles. The predicted octanol–water partition coefficient (Wildman–Crippen LogP) is 3.85. The summed E-state index contributed by atoms with van der Waals surface area (Å²) in [4.78, 5) is 2.70. The molecule has 0 amide bonds. The molecule has 1 N–H and O–H groups in total. The molecule has 0 aromatic heterocycles. The first-order valence-electron chi connectivity index (χ1n) is 8.23. The standard InChI is InChI=1S/C18H30N2/c1-4-16-9-8-12-20(14-16)18(13-19-15(2)3)17-10-6-5-7-11-17/h5-7,10-11,15-16,18-19H,4,8-9,12-14H2,1-3H3. The minimum Gasteiger partial charge on any atom is -0.313 e. The molecule has 1 aliphatic heterocycles. The van der Waals surface area contributed by atoms with Gasteiger partial charge in [0.2, 0.25) is 0 Å². The van der Waals surface area contributed by atoms with Crippen LogP contribution in [0.25, 0.3) is 0 Å². The fourth-order valence-electron chi connectivity index (χ4n) is 3.19. The average molecular weight is 274 g/mol. The van der Waals surface area contributed by atoms with Gasteiger partial charge < -0.3 is 5.32 Å². The molecule has 2 nitrogen and oxygen atoms in total. The zero-order chi connectivity index (χ0) is 14.4. The van der Waals surface area contributed by atoms with E-state index < -0.39 is 0 Å². The summed E-state index contributed by atoms with van der Waals surface area (Å²) in [5.41, 5.74) is 1.46. The third kappa shape index (κ3) is 4.32. The Morgan fingerprint density at radius 1 is 1.25 bits per heavy atom. The summed E-state index contributed by atoms with van der Waals surface area (Å²) in [7, 11) is 0. The number of piperidine rings is 1. The van der Waals surface area contributed by atoms with Crippen LogP contribution in [0, 0.1) is 5.92 Å². The van der Waals surface area contributed by atoms with Crippen LogP contribution in [0.2, 0.25) is 0 Å². The molecule has 112 valence electrons. The number of likely N-dealkylation sites (tertiary alicyclic amines) is 1. The van der Waals surface area contributed by atoms with Crippen LogP contribution in [0.1, 0.15) is 51.6 Å². The lowest BCUT2D eigenvalue weighted by atomic mass is 9.93. The molecule has 1 aromatic carbocycles. The van der Waals surface area contributed by atoms with Crippen LogP contribution >= 0.6 is 0 Å². The summed E-state index contributed by atoms with van der Waals surface area (Å²) >= 11 is 0. The first-order chi connectivity index (χ1) is 9.70. The summed E-state index contributed by atoms with van der Waals surface area (Å²) in [6.45, 7) is 10.3. The molecule has 1 fully saturated rings. The summed E-state index contributed by atoms with van der Waals surface area (Å²) in [5.74, 6) is 0.883. The quantitative estimate of drug-likeness (QED) is 0.847. The Kier molecular flexibility index (Phi) is 6.06. The molecular weight excluding hydrogens is 244 g/mol. The second-order valence-corrected chi connectivity index (χ2v) is 6.40. The second-order valence-electron chi connectivity index (χ2n) is 6.40. The van der Waals surface area contributed by atoms with Gasteiger partial charge in [0.15, 0.2) is 0 Å². The Bertz CT molecular complexity index is 374. The van der Waals surface area contributed by atoms with Crippen molar-refractivity contribution in [1.29, 1.82) is 0 Å². The van der Waals surface area contributed by atoms with Crippen molar-refractivity contribution in [2.75, 3.05) is 19.6 Å². The van der Waals surface area contributed by atoms with Crippen LogP contribution in [-0.4, -0.2) is 30.6 Å². The Morgan fingerprint density at radius 3 is 2.65 bits per heavy atom. The van der Waals surface area contributed by atoms with Crippen LogP contribution in [-0.2, 0) is 0 Å². The van der Waals surface area contributed by atoms with Crippen molar-refractivity contribution in [1.82, 2.24) is 10.2 Å². The maximum atomic E-state index is 3.63.